The van der Waals surface area contributed by atoms with Gasteiger partial charge in [-0.2, -0.15) is 0 Å². The van der Waals surface area contributed by atoms with Crippen molar-refractivity contribution in [2.75, 3.05) is 18.1 Å². The molecule has 0 amide bonds. The zero-order chi connectivity index (χ0) is 26.8. The average molecular weight is 635 g/mol. The van der Waals surface area contributed by atoms with Crippen molar-refractivity contribution in [3.05, 3.63) is 93.3 Å². The van der Waals surface area contributed by atoms with E-state index < -0.39 is 25.8 Å². The Kier molecular flexibility index (Phi) is 8.59. The largest absolute Gasteiger partial charge is 0.405 e. The quantitative estimate of drug-likeness (QED) is 0.234. The van der Waals surface area contributed by atoms with Crippen molar-refractivity contribution >= 4 is 41.3 Å². The lowest BCUT2D eigenvalue weighted by molar-refractivity contribution is -0.0611. The van der Waals surface area contributed by atoms with Crippen LogP contribution < -0.4 is 21.6 Å². The number of aryl methyl sites for hydroxylation is 1. The number of benzene rings is 2. The number of ether oxygens (including phenoxy) is 2. The van der Waals surface area contributed by atoms with E-state index in [2.05, 4.69) is 96.9 Å². The number of nitrogens with one attached hydrogen (secondary N) is 1. The molecule has 0 spiro atoms. The maximum absolute atomic E-state index is 12.7. The fourth-order valence-electron chi connectivity index (χ4n) is 5.39. The van der Waals surface area contributed by atoms with Crippen LogP contribution in [-0.2, 0) is 13.9 Å². The first-order valence-corrected chi connectivity index (χ1v) is 15.9. The van der Waals surface area contributed by atoms with Crippen LogP contribution in [0.2, 0.25) is 5.04 Å². The van der Waals surface area contributed by atoms with Crippen LogP contribution >= 0.6 is 22.6 Å². The van der Waals surface area contributed by atoms with E-state index in [1.807, 2.05) is 12.1 Å². The van der Waals surface area contributed by atoms with Crippen LogP contribution in [-0.4, -0.2) is 48.2 Å². The Morgan fingerprint density at radius 3 is 2.08 bits per heavy atom. The molecule has 1 fully saturated rings. The minimum Gasteiger partial charge on any atom is -0.405 e. The molecule has 4 rings (SSSR count). The molecule has 1 aromatic heterocycles. The summed E-state index contributed by atoms with van der Waals surface area (Å²) >= 11 is 2.34. The van der Waals surface area contributed by atoms with E-state index in [1.54, 1.807) is 20.2 Å². The summed E-state index contributed by atoms with van der Waals surface area (Å²) in [5, 5.41) is 2.23. The van der Waals surface area contributed by atoms with Crippen molar-refractivity contribution in [1.82, 2.24) is 9.55 Å². The smallest absolute Gasteiger partial charge is 0.330 e. The van der Waals surface area contributed by atoms with Crippen molar-refractivity contribution in [3.8, 4) is 0 Å². The minimum absolute atomic E-state index is 0.00653. The van der Waals surface area contributed by atoms with E-state index in [4.69, 9.17) is 13.9 Å². The van der Waals surface area contributed by atoms with E-state index in [0.29, 0.717) is 12.2 Å². The van der Waals surface area contributed by atoms with Gasteiger partial charge in [0.2, 0.25) is 0 Å². The molecule has 0 bridgehead atoms. The molecule has 4 atom stereocenters. The lowest BCUT2D eigenvalue weighted by Crippen LogP contribution is -2.67. The molecular weight excluding hydrogens is 599 g/mol. The van der Waals surface area contributed by atoms with Gasteiger partial charge in [0, 0.05) is 29.2 Å². The van der Waals surface area contributed by atoms with Gasteiger partial charge in [0.15, 0.2) is 6.23 Å². The molecule has 7 nitrogen and oxygen atoms in total. The highest BCUT2D eigenvalue weighted by Gasteiger charge is 2.52. The molecule has 1 aliphatic heterocycles. The van der Waals surface area contributed by atoms with Gasteiger partial charge in [-0.15, -0.1) is 0 Å². The summed E-state index contributed by atoms with van der Waals surface area (Å²) in [5.41, 5.74) is -0.468. The fourth-order valence-corrected chi connectivity index (χ4v) is 11.0. The van der Waals surface area contributed by atoms with E-state index in [0.717, 1.165) is 4.43 Å². The van der Waals surface area contributed by atoms with Crippen molar-refractivity contribution in [3.63, 3.8) is 0 Å². The number of hydrogen-bond acceptors (Lipinski definition) is 5. The number of halogens is 1. The number of nitrogens with zero attached hydrogens (tertiary/aromatic N) is 1. The lowest BCUT2D eigenvalue weighted by atomic mass is 10.0. The molecule has 0 radical (unpaired) electrons. The van der Waals surface area contributed by atoms with Crippen molar-refractivity contribution in [2.45, 2.75) is 51.2 Å². The van der Waals surface area contributed by atoms with Crippen LogP contribution in [0.5, 0.6) is 0 Å². The highest BCUT2D eigenvalue weighted by molar-refractivity contribution is 14.1. The summed E-state index contributed by atoms with van der Waals surface area (Å²) in [6.45, 7) is 8.76. The van der Waals surface area contributed by atoms with Gasteiger partial charge in [-0.1, -0.05) is 104 Å². The van der Waals surface area contributed by atoms with Gasteiger partial charge in [0.05, 0.1) is 12.7 Å². The highest BCUT2D eigenvalue weighted by Crippen LogP contribution is 2.40. The standard InChI is InChI=1S/C28H35IN2O5Si/c1-19-17-31(27(33)30-25(19)32)26-24(34-5)22(16-29)23(36-26)18-35-37(28(2,3)4,20-12-8-6-9-13-20)21-14-10-7-11-15-21/h6-15,17,22-24,26H,16,18H2,1-5H3,(H,30,32,33)/t22-,23-,24-,26-/m1/s1. The first kappa shape index (κ1) is 28.0. The first-order chi connectivity index (χ1) is 17.6. The molecule has 0 aliphatic carbocycles. The summed E-state index contributed by atoms with van der Waals surface area (Å²) in [4.78, 5) is 27.1. The fraction of sp³-hybridized carbons (Fsp3) is 0.429. The number of H-pyrrole nitrogens is 1. The van der Waals surface area contributed by atoms with Crippen LogP contribution in [0.25, 0.3) is 0 Å². The van der Waals surface area contributed by atoms with Crippen LogP contribution in [0, 0.1) is 12.8 Å². The van der Waals surface area contributed by atoms with Crippen molar-refractivity contribution in [2.24, 2.45) is 5.92 Å². The third kappa shape index (κ3) is 5.29. The van der Waals surface area contributed by atoms with Crippen LogP contribution in [0.15, 0.2) is 76.4 Å². The normalized spacial score (nSPS) is 22.3. The molecule has 0 saturated carbocycles. The second kappa shape index (κ2) is 11.4. The maximum Gasteiger partial charge on any atom is 0.330 e. The molecule has 37 heavy (non-hydrogen) atoms. The molecule has 0 unspecified atom stereocenters. The SMILES string of the molecule is CO[C@@H]1[C@H](CI)[C@@H](CO[Si](c2ccccc2)(c2ccccc2)C(C)(C)C)O[C@H]1n1cc(C)c(=O)[nH]c1=O. The van der Waals surface area contributed by atoms with Crippen LogP contribution in [0.4, 0.5) is 0 Å². The predicted octanol–water partition coefficient (Wildman–Crippen LogP) is 3.39. The molecule has 1 aliphatic rings. The molecule has 9 heteroatoms. The van der Waals surface area contributed by atoms with Gasteiger partial charge in [-0.3, -0.25) is 14.3 Å². The van der Waals surface area contributed by atoms with E-state index in [9.17, 15) is 9.59 Å². The summed E-state index contributed by atoms with van der Waals surface area (Å²) < 4.78 is 21.7. The highest BCUT2D eigenvalue weighted by atomic mass is 127. The summed E-state index contributed by atoms with van der Waals surface area (Å²) in [5.74, 6) is -0.00653. The minimum atomic E-state index is -2.76. The van der Waals surface area contributed by atoms with Crippen molar-refractivity contribution in [1.29, 1.82) is 0 Å². The van der Waals surface area contributed by atoms with Crippen LogP contribution in [0.1, 0.15) is 32.6 Å². The third-order valence-electron chi connectivity index (χ3n) is 7.25. The zero-order valence-electron chi connectivity index (χ0n) is 21.9. The Hall–Kier alpha value is -2.05. The van der Waals surface area contributed by atoms with E-state index in [1.165, 1.54) is 14.9 Å². The third-order valence-corrected chi connectivity index (χ3v) is 13.3. The molecule has 2 aromatic carbocycles. The Morgan fingerprint density at radius 1 is 1.03 bits per heavy atom. The average Bonchev–Trinajstić information content (AvgIpc) is 3.24. The Bertz CT molecular complexity index is 1270. The first-order valence-electron chi connectivity index (χ1n) is 12.5. The molecule has 1 saturated heterocycles. The van der Waals surface area contributed by atoms with Gasteiger partial charge in [-0.05, 0) is 22.3 Å². The second-order valence-electron chi connectivity index (χ2n) is 10.5. The molecule has 198 valence electrons. The van der Waals surface area contributed by atoms with E-state index >= 15 is 0 Å². The van der Waals surface area contributed by atoms with Gasteiger partial charge in [0.25, 0.3) is 13.9 Å². The van der Waals surface area contributed by atoms with Gasteiger partial charge in [0.1, 0.15) is 6.10 Å². The topological polar surface area (TPSA) is 82.6 Å². The number of hydrogen-bond donors (Lipinski definition) is 1. The Morgan fingerprint density at radius 2 is 1.59 bits per heavy atom. The summed E-state index contributed by atoms with van der Waals surface area (Å²) in [6, 6.07) is 21.0. The van der Waals surface area contributed by atoms with Crippen molar-refractivity contribution < 1.29 is 13.9 Å². The Labute approximate surface area is 232 Å². The lowest BCUT2D eigenvalue weighted by Gasteiger charge is -2.43. The van der Waals surface area contributed by atoms with Gasteiger partial charge >= 0.3 is 5.69 Å². The predicted molar refractivity (Wildman–Crippen MR) is 157 cm³/mol. The van der Waals surface area contributed by atoms with Crippen LogP contribution in [0.3, 0.4) is 0 Å². The monoisotopic (exact) mass is 634 g/mol. The van der Waals surface area contributed by atoms with Gasteiger partial charge < -0.3 is 13.9 Å². The molecule has 1 N–H and O–H groups in total. The second-order valence-corrected chi connectivity index (χ2v) is 15.7. The Balaban J connectivity index is 1.74. The number of alkyl halides is 1. The zero-order valence-corrected chi connectivity index (χ0v) is 25.1. The maximum atomic E-state index is 12.7. The van der Waals surface area contributed by atoms with Gasteiger partial charge in [-0.25, -0.2) is 4.79 Å². The summed E-state index contributed by atoms with van der Waals surface area (Å²) in [6.07, 6.45) is 0.217. The molecular formula is C28H35IN2O5Si. The molecule has 3 aromatic rings. The number of rotatable bonds is 8. The summed E-state index contributed by atoms with van der Waals surface area (Å²) in [7, 11) is -1.13. The van der Waals surface area contributed by atoms with E-state index in [-0.39, 0.29) is 23.2 Å². The molecule has 2 heterocycles. The number of aromatic amines is 1. The number of aromatic nitrogens is 2. The number of methoxy groups -OCH3 is 1.